The van der Waals surface area contributed by atoms with Gasteiger partial charge < -0.3 is 10.3 Å². The summed E-state index contributed by atoms with van der Waals surface area (Å²) in [5, 5.41) is 4.08. The van der Waals surface area contributed by atoms with Crippen molar-refractivity contribution in [2.75, 3.05) is 0 Å². The Morgan fingerprint density at radius 2 is 2.00 bits per heavy atom. The van der Waals surface area contributed by atoms with Crippen molar-refractivity contribution in [1.82, 2.24) is 10.1 Å². The van der Waals surface area contributed by atoms with Gasteiger partial charge in [0.1, 0.15) is 0 Å². The van der Waals surface area contributed by atoms with E-state index in [4.69, 9.17) is 10.3 Å². The van der Waals surface area contributed by atoms with Gasteiger partial charge in [-0.05, 0) is 40.9 Å². The largest absolute Gasteiger partial charge is 0.337 e. The van der Waals surface area contributed by atoms with Crippen LogP contribution in [0.4, 0.5) is 0 Å². The lowest BCUT2D eigenvalue weighted by Crippen LogP contribution is -2.38. The van der Waals surface area contributed by atoms with Gasteiger partial charge in [0.15, 0.2) is 5.82 Å². The average Bonchev–Trinajstić information content (AvgIpc) is 2.97. The topological polar surface area (TPSA) is 64.9 Å². The fourth-order valence-electron chi connectivity index (χ4n) is 2.62. The molecule has 2 N–H and O–H groups in total. The summed E-state index contributed by atoms with van der Waals surface area (Å²) in [6.07, 6.45) is 5.40. The Morgan fingerprint density at radius 1 is 1.24 bits per heavy atom. The average molecular weight is 368 g/mol. The van der Waals surface area contributed by atoms with E-state index in [0.29, 0.717) is 17.5 Å². The fraction of sp³-hybridized carbons (Fsp3) is 0.467. The van der Waals surface area contributed by atoms with E-state index in [-0.39, 0.29) is 0 Å². The van der Waals surface area contributed by atoms with Crippen LogP contribution in [0.3, 0.4) is 0 Å². The third-order valence-corrected chi connectivity index (χ3v) is 5.86. The van der Waals surface area contributed by atoms with Gasteiger partial charge in [-0.25, -0.2) is 0 Å². The standard InChI is InChI=1S/C15H18BrN3OS/c16-11-6-2-3-7-12(11)21-10-13-18-14(20-19-13)15(17)8-4-1-5-9-15/h2-3,6-7H,1,4-5,8-10,17H2. The molecule has 0 aliphatic heterocycles. The molecule has 0 radical (unpaired) electrons. The van der Waals surface area contributed by atoms with Crippen molar-refractivity contribution in [3.8, 4) is 0 Å². The molecule has 21 heavy (non-hydrogen) atoms. The maximum Gasteiger partial charge on any atom is 0.246 e. The van der Waals surface area contributed by atoms with Crippen LogP contribution >= 0.6 is 27.7 Å². The molecule has 1 saturated carbocycles. The summed E-state index contributed by atoms with van der Waals surface area (Å²) in [5.41, 5.74) is 6.00. The molecule has 6 heteroatoms. The second-order valence-electron chi connectivity index (χ2n) is 5.45. The lowest BCUT2D eigenvalue weighted by atomic mass is 9.82. The molecule has 0 unspecified atom stereocenters. The summed E-state index contributed by atoms with van der Waals surface area (Å²) < 4.78 is 6.50. The van der Waals surface area contributed by atoms with Crippen molar-refractivity contribution in [3.63, 3.8) is 0 Å². The lowest BCUT2D eigenvalue weighted by Gasteiger charge is -2.29. The van der Waals surface area contributed by atoms with Crippen LogP contribution in [0.2, 0.25) is 0 Å². The number of benzene rings is 1. The van der Waals surface area contributed by atoms with E-state index < -0.39 is 5.54 Å². The first kappa shape index (κ1) is 15.1. The van der Waals surface area contributed by atoms with Gasteiger partial charge in [-0.1, -0.05) is 36.6 Å². The van der Waals surface area contributed by atoms with Gasteiger partial charge >= 0.3 is 0 Å². The maximum absolute atomic E-state index is 6.41. The fourth-order valence-corrected chi connectivity index (χ4v) is 4.03. The van der Waals surface area contributed by atoms with E-state index in [9.17, 15) is 0 Å². The number of thioether (sulfide) groups is 1. The SMILES string of the molecule is NC1(c2nc(CSc3ccccc3Br)no2)CCCCC1. The number of hydrogen-bond donors (Lipinski definition) is 1. The summed E-state index contributed by atoms with van der Waals surface area (Å²) in [5.74, 6) is 1.99. The predicted octanol–water partition coefficient (Wildman–Crippen LogP) is 4.24. The molecule has 3 rings (SSSR count). The zero-order chi connectivity index (χ0) is 14.7. The van der Waals surface area contributed by atoms with E-state index in [2.05, 4.69) is 32.1 Å². The van der Waals surface area contributed by atoms with Crippen molar-refractivity contribution in [3.05, 3.63) is 40.5 Å². The van der Waals surface area contributed by atoms with Crippen molar-refractivity contribution >= 4 is 27.7 Å². The Kier molecular flexibility index (Phi) is 4.66. The van der Waals surface area contributed by atoms with Crippen LogP contribution in [-0.4, -0.2) is 10.1 Å². The highest BCUT2D eigenvalue weighted by Crippen LogP contribution is 2.34. The van der Waals surface area contributed by atoms with Crippen LogP contribution in [0.15, 0.2) is 38.2 Å². The molecule has 2 aromatic rings. The molecule has 1 fully saturated rings. The zero-order valence-electron chi connectivity index (χ0n) is 11.7. The number of halogens is 1. The molecule has 0 saturated heterocycles. The van der Waals surface area contributed by atoms with Crippen LogP contribution in [0, 0.1) is 0 Å². The third kappa shape index (κ3) is 3.49. The van der Waals surface area contributed by atoms with Crippen LogP contribution < -0.4 is 5.73 Å². The van der Waals surface area contributed by atoms with Crippen molar-refractivity contribution in [1.29, 1.82) is 0 Å². The highest BCUT2D eigenvalue weighted by atomic mass is 79.9. The minimum absolute atomic E-state index is 0.415. The molecule has 1 aliphatic rings. The number of nitrogens with two attached hydrogens (primary N) is 1. The summed E-state index contributed by atoms with van der Waals surface area (Å²) >= 11 is 5.23. The number of aromatic nitrogens is 2. The van der Waals surface area contributed by atoms with Gasteiger partial charge in [0, 0.05) is 9.37 Å². The minimum Gasteiger partial charge on any atom is -0.337 e. The van der Waals surface area contributed by atoms with Gasteiger partial charge in [-0.3, -0.25) is 0 Å². The smallest absolute Gasteiger partial charge is 0.246 e. The lowest BCUT2D eigenvalue weighted by molar-refractivity contribution is 0.219. The van der Waals surface area contributed by atoms with E-state index >= 15 is 0 Å². The summed E-state index contributed by atoms with van der Waals surface area (Å²) in [6.45, 7) is 0. The van der Waals surface area contributed by atoms with Crippen molar-refractivity contribution in [2.24, 2.45) is 5.73 Å². The van der Waals surface area contributed by atoms with Crippen LogP contribution in [0.1, 0.15) is 43.8 Å². The maximum atomic E-state index is 6.41. The van der Waals surface area contributed by atoms with Crippen LogP contribution in [-0.2, 0) is 11.3 Å². The summed E-state index contributed by atoms with van der Waals surface area (Å²) in [7, 11) is 0. The molecule has 4 nitrogen and oxygen atoms in total. The second kappa shape index (κ2) is 6.50. The van der Waals surface area contributed by atoms with Gasteiger partial charge in [-0.2, -0.15) is 4.98 Å². The molecule has 0 amide bonds. The molecular formula is C15H18BrN3OS. The summed E-state index contributed by atoms with van der Waals surface area (Å²) in [4.78, 5) is 5.68. The Bertz CT molecular complexity index is 610. The molecule has 112 valence electrons. The number of rotatable bonds is 4. The Hall–Kier alpha value is -0.850. The quantitative estimate of drug-likeness (QED) is 0.818. The Balaban J connectivity index is 1.67. The van der Waals surface area contributed by atoms with Gasteiger partial charge in [-0.15, -0.1) is 11.8 Å². The van der Waals surface area contributed by atoms with Crippen LogP contribution in [0.25, 0.3) is 0 Å². The molecule has 1 aromatic carbocycles. The van der Waals surface area contributed by atoms with E-state index in [1.54, 1.807) is 11.8 Å². The minimum atomic E-state index is -0.415. The molecule has 0 atom stereocenters. The zero-order valence-corrected chi connectivity index (χ0v) is 14.1. The predicted molar refractivity (Wildman–Crippen MR) is 87.0 cm³/mol. The molecule has 1 aromatic heterocycles. The molecular weight excluding hydrogens is 350 g/mol. The molecule has 1 heterocycles. The first-order valence-electron chi connectivity index (χ1n) is 7.17. The van der Waals surface area contributed by atoms with Crippen molar-refractivity contribution < 1.29 is 4.52 Å². The van der Waals surface area contributed by atoms with Gasteiger partial charge in [0.05, 0.1) is 11.3 Å². The Labute approximate surface area is 137 Å². The monoisotopic (exact) mass is 367 g/mol. The highest BCUT2D eigenvalue weighted by Gasteiger charge is 2.35. The highest BCUT2D eigenvalue weighted by molar-refractivity contribution is 9.10. The summed E-state index contributed by atoms with van der Waals surface area (Å²) in [6, 6.07) is 8.12. The third-order valence-electron chi connectivity index (χ3n) is 3.83. The first-order chi connectivity index (χ1) is 10.2. The van der Waals surface area contributed by atoms with Gasteiger partial charge in [0.25, 0.3) is 0 Å². The molecule has 0 spiro atoms. The second-order valence-corrected chi connectivity index (χ2v) is 7.32. The number of hydrogen-bond acceptors (Lipinski definition) is 5. The van der Waals surface area contributed by atoms with E-state index in [0.717, 1.165) is 30.2 Å². The first-order valence-corrected chi connectivity index (χ1v) is 8.94. The normalized spacial score (nSPS) is 17.8. The molecule has 0 bridgehead atoms. The van der Waals surface area contributed by atoms with E-state index in [1.807, 2.05) is 18.2 Å². The Morgan fingerprint density at radius 3 is 2.76 bits per heavy atom. The molecule has 1 aliphatic carbocycles. The van der Waals surface area contributed by atoms with Gasteiger partial charge in [0.2, 0.25) is 5.89 Å². The van der Waals surface area contributed by atoms with Crippen LogP contribution in [0.5, 0.6) is 0 Å². The van der Waals surface area contributed by atoms with E-state index in [1.165, 1.54) is 11.3 Å². The number of nitrogens with zero attached hydrogens (tertiary/aromatic N) is 2. The van der Waals surface area contributed by atoms with Crippen molar-refractivity contribution in [2.45, 2.75) is 48.3 Å².